The molecule has 0 bridgehead atoms. The molecule has 26 heavy (non-hydrogen) atoms. The highest BCUT2D eigenvalue weighted by Crippen LogP contribution is 2.28. The molecular weight excluding hydrogens is 346 g/mol. The maximum Gasteiger partial charge on any atom is 0.241 e. The fourth-order valence-corrected chi connectivity index (χ4v) is 5.20. The largest absolute Gasteiger partial charge is 0.496 e. The molecule has 0 fully saturated rings. The number of rotatable bonds is 5. The third-order valence-electron chi connectivity index (χ3n) is 5.19. The highest BCUT2D eigenvalue weighted by Gasteiger charge is 2.22. The third-order valence-corrected chi connectivity index (χ3v) is 6.87. The lowest BCUT2D eigenvalue weighted by Crippen LogP contribution is -2.27. The SMILES string of the molecule is COc1cc(C)c(S(=O)(=O)N[C@@H](C)c2ccc3c(c2)CCCC3)cc1C. The van der Waals surface area contributed by atoms with Crippen molar-refractivity contribution in [1.29, 1.82) is 0 Å². The van der Waals surface area contributed by atoms with Crippen molar-refractivity contribution in [1.82, 2.24) is 4.72 Å². The molecule has 0 aliphatic heterocycles. The van der Waals surface area contributed by atoms with E-state index in [-0.39, 0.29) is 6.04 Å². The second-order valence-corrected chi connectivity index (χ2v) is 8.85. The lowest BCUT2D eigenvalue weighted by molar-refractivity contribution is 0.411. The summed E-state index contributed by atoms with van der Waals surface area (Å²) >= 11 is 0. The van der Waals surface area contributed by atoms with E-state index in [1.54, 1.807) is 26.2 Å². The van der Waals surface area contributed by atoms with Gasteiger partial charge in [0.2, 0.25) is 10.0 Å². The monoisotopic (exact) mass is 373 g/mol. The van der Waals surface area contributed by atoms with Gasteiger partial charge in [-0.3, -0.25) is 0 Å². The number of fused-ring (bicyclic) bond motifs is 1. The average molecular weight is 374 g/mol. The number of ether oxygens (including phenoxy) is 1. The van der Waals surface area contributed by atoms with Gasteiger partial charge in [0.25, 0.3) is 0 Å². The normalized spacial score (nSPS) is 15.4. The van der Waals surface area contributed by atoms with Crippen molar-refractivity contribution in [2.45, 2.75) is 57.4 Å². The number of aryl methyl sites for hydroxylation is 4. The number of nitrogens with one attached hydrogen (secondary N) is 1. The minimum Gasteiger partial charge on any atom is -0.496 e. The third kappa shape index (κ3) is 3.79. The molecule has 2 aromatic carbocycles. The van der Waals surface area contributed by atoms with Gasteiger partial charge >= 0.3 is 0 Å². The molecule has 1 N–H and O–H groups in total. The first-order valence-corrected chi connectivity index (χ1v) is 10.6. The van der Waals surface area contributed by atoms with Gasteiger partial charge in [0, 0.05) is 6.04 Å². The van der Waals surface area contributed by atoms with Crippen LogP contribution in [0.15, 0.2) is 35.2 Å². The van der Waals surface area contributed by atoms with Gasteiger partial charge in [-0.25, -0.2) is 13.1 Å². The second kappa shape index (κ2) is 7.41. The summed E-state index contributed by atoms with van der Waals surface area (Å²) in [5.41, 5.74) is 5.25. The smallest absolute Gasteiger partial charge is 0.241 e. The average Bonchev–Trinajstić information content (AvgIpc) is 2.62. The number of sulfonamides is 1. The summed E-state index contributed by atoms with van der Waals surface area (Å²) in [6.45, 7) is 5.54. The van der Waals surface area contributed by atoms with E-state index in [2.05, 4.69) is 16.9 Å². The Morgan fingerprint density at radius 1 is 1.00 bits per heavy atom. The fourth-order valence-electron chi connectivity index (χ4n) is 3.66. The molecule has 2 aromatic rings. The van der Waals surface area contributed by atoms with Gasteiger partial charge in [-0.15, -0.1) is 0 Å². The van der Waals surface area contributed by atoms with Crippen molar-refractivity contribution in [3.8, 4) is 5.75 Å². The Hall–Kier alpha value is -1.85. The summed E-state index contributed by atoms with van der Waals surface area (Å²) in [6.07, 6.45) is 4.66. The van der Waals surface area contributed by atoms with Crippen LogP contribution in [0.5, 0.6) is 5.75 Å². The summed E-state index contributed by atoms with van der Waals surface area (Å²) in [7, 11) is -2.02. The Bertz CT molecular complexity index is 919. The molecule has 1 atom stereocenters. The van der Waals surface area contributed by atoms with E-state index in [4.69, 9.17) is 4.74 Å². The molecule has 0 spiro atoms. The van der Waals surface area contributed by atoms with E-state index < -0.39 is 10.0 Å². The van der Waals surface area contributed by atoms with Crippen molar-refractivity contribution in [2.75, 3.05) is 7.11 Å². The maximum atomic E-state index is 12.9. The van der Waals surface area contributed by atoms with Crippen molar-refractivity contribution < 1.29 is 13.2 Å². The molecule has 0 radical (unpaired) electrons. The molecule has 1 aliphatic carbocycles. The molecule has 3 rings (SSSR count). The maximum absolute atomic E-state index is 12.9. The molecule has 140 valence electrons. The zero-order chi connectivity index (χ0) is 18.9. The minimum atomic E-state index is -3.61. The van der Waals surface area contributed by atoms with Crippen LogP contribution in [0.25, 0.3) is 0 Å². The van der Waals surface area contributed by atoms with Gasteiger partial charge in [0.05, 0.1) is 12.0 Å². The zero-order valence-corrected chi connectivity index (χ0v) is 16.7. The van der Waals surface area contributed by atoms with Crippen LogP contribution in [0, 0.1) is 13.8 Å². The molecule has 0 unspecified atom stereocenters. The number of methoxy groups -OCH3 is 1. The zero-order valence-electron chi connectivity index (χ0n) is 15.9. The van der Waals surface area contributed by atoms with Crippen LogP contribution < -0.4 is 9.46 Å². The molecule has 5 heteroatoms. The summed E-state index contributed by atoms with van der Waals surface area (Å²) in [4.78, 5) is 0.306. The van der Waals surface area contributed by atoms with Gasteiger partial charge in [-0.1, -0.05) is 18.2 Å². The van der Waals surface area contributed by atoms with Gasteiger partial charge < -0.3 is 4.74 Å². The first-order valence-electron chi connectivity index (χ1n) is 9.11. The topological polar surface area (TPSA) is 55.4 Å². The highest BCUT2D eigenvalue weighted by atomic mass is 32.2. The predicted octanol–water partition coefficient (Wildman–Crippen LogP) is 4.23. The van der Waals surface area contributed by atoms with Crippen molar-refractivity contribution in [2.24, 2.45) is 0 Å². The minimum absolute atomic E-state index is 0.283. The molecule has 4 nitrogen and oxygen atoms in total. The quantitative estimate of drug-likeness (QED) is 0.853. The summed E-state index contributed by atoms with van der Waals surface area (Å²) < 4.78 is 34.0. The van der Waals surface area contributed by atoms with E-state index >= 15 is 0 Å². The van der Waals surface area contributed by atoms with Crippen molar-refractivity contribution >= 4 is 10.0 Å². The van der Waals surface area contributed by atoms with Crippen LogP contribution in [0.3, 0.4) is 0 Å². The van der Waals surface area contributed by atoms with Crippen LogP contribution in [-0.4, -0.2) is 15.5 Å². The standard InChI is InChI=1S/C21H27NO3S/c1-14-12-21(15(2)11-20(14)25-4)26(23,24)22-16(3)18-10-9-17-7-5-6-8-19(17)13-18/h9-13,16,22H,5-8H2,1-4H3/t16-/m0/s1. The molecule has 0 aromatic heterocycles. The predicted molar refractivity (Wildman–Crippen MR) is 104 cm³/mol. The van der Waals surface area contributed by atoms with E-state index in [1.165, 1.54) is 24.0 Å². The Kier molecular flexibility index (Phi) is 5.39. The molecule has 1 aliphatic rings. The van der Waals surface area contributed by atoms with Gasteiger partial charge in [0.1, 0.15) is 5.75 Å². The second-order valence-electron chi connectivity index (χ2n) is 7.17. The van der Waals surface area contributed by atoms with E-state index in [0.29, 0.717) is 16.2 Å². The van der Waals surface area contributed by atoms with E-state index in [0.717, 1.165) is 24.0 Å². The Labute approximate surface area is 156 Å². The molecule has 0 amide bonds. The first kappa shape index (κ1) is 18.9. The van der Waals surface area contributed by atoms with Crippen molar-refractivity contribution in [3.63, 3.8) is 0 Å². The van der Waals surface area contributed by atoms with Crippen LogP contribution in [0.1, 0.15) is 53.6 Å². The van der Waals surface area contributed by atoms with E-state index in [9.17, 15) is 8.42 Å². The Morgan fingerprint density at radius 2 is 1.69 bits per heavy atom. The summed E-state index contributed by atoms with van der Waals surface area (Å²) in [5, 5.41) is 0. The van der Waals surface area contributed by atoms with E-state index in [1.807, 2.05) is 19.9 Å². The summed E-state index contributed by atoms with van der Waals surface area (Å²) in [5.74, 6) is 0.698. The summed E-state index contributed by atoms with van der Waals surface area (Å²) in [6, 6.07) is 9.52. The molecule has 0 saturated carbocycles. The molecule has 0 heterocycles. The molecule has 0 saturated heterocycles. The van der Waals surface area contributed by atoms with Gasteiger partial charge in [0.15, 0.2) is 0 Å². The van der Waals surface area contributed by atoms with Crippen LogP contribution in [0.4, 0.5) is 0 Å². The molecular formula is C21H27NO3S. The van der Waals surface area contributed by atoms with Crippen molar-refractivity contribution in [3.05, 3.63) is 58.1 Å². The van der Waals surface area contributed by atoms with Crippen LogP contribution in [0.2, 0.25) is 0 Å². The number of hydrogen-bond acceptors (Lipinski definition) is 3. The van der Waals surface area contributed by atoms with Crippen LogP contribution in [-0.2, 0) is 22.9 Å². The Balaban J connectivity index is 1.86. The van der Waals surface area contributed by atoms with Gasteiger partial charge in [-0.05, 0) is 86.4 Å². The highest BCUT2D eigenvalue weighted by molar-refractivity contribution is 7.89. The lowest BCUT2D eigenvalue weighted by Gasteiger charge is -2.20. The first-order chi connectivity index (χ1) is 12.3. The Morgan fingerprint density at radius 3 is 2.38 bits per heavy atom. The van der Waals surface area contributed by atoms with Gasteiger partial charge in [-0.2, -0.15) is 0 Å². The lowest BCUT2D eigenvalue weighted by atomic mass is 9.89. The fraction of sp³-hybridized carbons (Fsp3) is 0.429. The van der Waals surface area contributed by atoms with Crippen LogP contribution >= 0.6 is 0 Å². The number of benzene rings is 2. The number of hydrogen-bond donors (Lipinski definition) is 1.